The van der Waals surface area contributed by atoms with Crippen molar-refractivity contribution in [3.8, 4) is 0 Å². The Hall–Kier alpha value is -5.43. The van der Waals surface area contributed by atoms with Crippen LogP contribution in [0.25, 0.3) is 0 Å². The molecule has 0 atom stereocenters. The van der Waals surface area contributed by atoms with E-state index in [-0.39, 0.29) is 17.0 Å². The van der Waals surface area contributed by atoms with Crippen molar-refractivity contribution in [2.75, 3.05) is 5.32 Å². The highest BCUT2D eigenvalue weighted by Crippen LogP contribution is 2.42. The molecule has 0 bridgehead atoms. The van der Waals surface area contributed by atoms with E-state index in [9.17, 15) is 14.9 Å². The van der Waals surface area contributed by atoms with Crippen LogP contribution in [0, 0.1) is 22.4 Å². The van der Waals surface area contributed by atoms with Gasteiger partial charge in [-0.2, -0.15) is 0 Å². The van der Waals surface area contributed by atoms with Crippen LogP contribution in [0.3, 0.4) is 0 Å². The number of nitro groups is 1. The highest BCUT2D eigenvalue weighted by atomic mass is 16.6. The summed E-state index contributed by atoms with van der Waals surface area (Å²) in [7, 11) is 0. The van der Waals surface area contributed by atoms with E-state index in [1.807, 2.05) is 97.9 Å². The van der Waals surface area contributed by atoms with Crippen LogP contribution in [-0.4, -0.2) is 21.9 Å². The predicted octanol–water partition coefficient (Wildman–Crippen LogP) is 6.93. The van der Waals surface area contributed by atoms with Gasteiger partial charge in [0.2, 0.25) is 0 Å². The molecule has 0 fully saturated rings. The van der Waals surface area contributed by atoms with Gasteiger partial charge in [-0.3, -0.25) is 25.3 Å². The van der Waals surface area contributed by atoms with Gasteiger partial charge in [0.15, 0.2) is 6.29 Å². The van der Waals surface area contributed by atoms with Gasteiger partial charge in [0.25, 0.3) is 5.69 Å². The van der Waals surface area contributed by atoms with E-state index in [4.69, 9.17) is 5.41 Å². The molecule has 1 heterocycles. The smallest absolute Gasteiger partial charge is 0.281 e. The maximum Gasteiger partial charge on any atom is 0.281 e. The molecule has 7 heteroatoms. The maximum atomic E-state index is 12.1. The average molecular weight is 527 g/mol. The summed E-state index contributed by atoms with van der Waals surface area (Å²) in [6, 6.07) is 35.7. The molecule has 0 unspecified atom stereocenters. The second kappa shape index (κ2) is 11.1. The summed E-state index contributed by atoms with van der Waals surface area (Å²) in [5.41, 5.74) is 3.34. The van der Waals surface area contributed by atoms with Gasteiger partial charge in [-0.05, 0) is 41.8 Å². The van der Waals surface area contributed by atoms with Crippen LogP contribution in [0.5, 0.6) is 0 Å². The fraction of sp³-hybridized carbons (Fsp3) is 0.0606. The van der Waals surface area contributed by atoms with Crippen molar-refractivity contribution in [1.29, 1.82) is 5.41 Å². The molecule has 196 valence electrons. The number of nitrogens with one attached hydrogen (secondary N) is 2. The molecule has 5 aromatic rings. The number of rotatable bonds is 9. The molecule has 4 aromatic carbocycles. The quantitative estimate of drug-likeness (QED) is 0.0712. The Bertz CT molecular complexity index is 1590. The van der Waals surface area contributed by atoms with E-state index in [0.717, 1.165) is 22.4 Å². The summed E-state index contributed by atoms with van der Waals surface area (Å²) in [4.78, 5) is 27.7. The lowest BCUT2D eigenvalue weighted by atomic mass is 9.76. The minimum absolute atomic E-state index is 0.106. The van der Waals surface area contributed by atoms with Crippen molar-refractivity contribution < 1.29 is 9.72 Å². The van der Waals surface area contributed by atoms with Crippen LogP contribution in [0.4, 0.5) is 11.4 Å². The summed E-state index contributed by atoms with van der Waals surface area (Å²) in [5.74, 6) is 0. The van der Waals surface area contributed by atoms with Gasteiger partial charge in [-0.25, -0.2) is 0 Å². The lowest BCUT2D eigenvalue weighted by molar-refractivity contribution is -0.385. The van der Waals surface area contributed by atoms with E-state index >= 15 is 0 Å². The molecule has 0 aliphatic rings. The molecule has 0 amide bonds. The molecular weight excluding hydrogens is 500 g/mol. The van der Waals surface area contributed by atoms with E-state index in [2.05, 4.69) is 10.3 Å². The van der Waals surface area contributed by atoms with Gasteiger partial charge in [-0.1, -0.05) is 91.0 Å². The third-order valence-electron chi connectivity index (χ3n) is 6.89. The lowest BCUT2D eigenvalue weighted by Crippen LogP contribution is -2.38. The molecule has 7 nitrogen and oxygen atoms in total. The Morgan fingerprint density at radius 2 is 1.38 bits per heavy atom. The zero-order valence-corrected chi connectivity index (χ0v) is 21.7. The number of benzene rings is 4. The Morgan fingerprint density at radius 1 is 0.850 bits per heavy atom. The second-order valence-corrected chi connectivity index (χ2v) is 9.37. The zero-order chi connectivity index (χ0) is 28.1. The fourth-order valence-electron chi connectivity index (χ4n) is 5.01. The minimum Gasteiger partial charge on any atom is -0.367 e. The van der Waals surface area contributed by atoms with Crippen LogP contribution in [0.1, 0.15) is 43.9 Å². The Labute approximate surface area is 231 Å². The molecule has 5 rings (SSSR count). The molecule has 1 aromatic heterocycles. The Kier molecular flexibility index (Phi) is 7.29. The summed E-state index contributed by atoms with van der Waals surface area (Å²) >= 11 is 0. The summed E-state index contributed by atoms with van der Waals surface area (Å²) in [5, 5.41) is 24.8. The van der Waals surface area contributed by atoms with Crippen molar-refractivity contribution in [2.45, 2.75) is 12.5 Å². The van der Waals surface area contributed by atoms with E-state index in [1.54, 1.807) is 18.3 Å². The summed E-state index contributed by atoms with van der Waals surface area (Å²) < 4.78 is 0. The lowest BCUT2D eigenvalue weighted by Gasteiger charge is -2.38. The second-order valence-electron chi connectivity index (χ2n) is 9.37. The van der Waals surface area contributed by atoms with Gasteiger partial charge < -0.3 is 5.32 Å². The van der Waals surface area contributed by atoms with Crippen molar-refractivity contribution in [3.63, 3.8) is 0 Å². The van der Waals surface area contributed by atoms with Crippen LogP contribution in [0.15, 0.2) is 121 Å². The van der Waals surface area contributed by atoms with Crippen molar-refractivity contribution in [3.05, 3.63) is 171 Å². The monoisotopic (exact) mass is 526 g/mol. The normalized spacial score (nSPS) is 11.0. The number of pyridine rings is 1. The first-order chi connectivity index (χ1) is 19.4. The van der Waals surface area contributed by atoms with Crippen molar-refractivity contribution >= 4 is 23.4 Å². The largest absolute Gasteiger partial charge is 0.367 e. The Balaban J connectivity index is 1.83. The molecular formula is C33H26N4O3. The van der Waals surface area contributed by atoms with Crippen molar-refractivity contribution in [1.82, 2.24) is 4.98 Å². The number of hydrogen-bond donors (Lipinski definition) is 2. The SMILES string of the molecule is Cc1cc(C(=N)c2cc(C=O)c([N+](=O)[O-])cc2NC(c2ccccc2)(c2ccccc2)c2ccccc2)ccn1. The highest BCUT2D eigenvalue weighted by Gasteiger charge is 2.37. The first-order valence-corrected chi connectivity index (χ1v) is 12.7. The topological polar surface area (TPSA) is 109 Å². The van der Waals surface area contributed by atoms with Gasteiger partial charge in [0.05, 0.1) is 21.9 Å². The Morgan fingerprint density at radius 3 is 1.82 bits per heavy atom. The number of carbonyl (C=O) groups is 1. The predicted molar refractivity (Wildman–Crippen MR) is 156 cm³/mol. The van der Waals surface area contributed by atoms with Crippen molar-refractivity contribution in [2.24, 2.45) is 0 Å². The molecule has 0 spiro atoms. The fourth-order valence-corrected chi connectivity index (χ4v) is 5.01. The third kappa shape index (κ3) is 4.88. The van der Waals surface area contributed by atoms with Gasteiger partial charge in [0.1, 0.15) is 5.54 Å². The zero-order valence-electron chi connectivity index (χ0n) is 21.7. The molecule has 40 heavy (non-hydrogen) atoms. The molecule has 0 aliphatic heterocycles. The number of nitrogens with zero attached hydrogens (tertiary/aromatic N) is 2. The minimum atomic E-state index is -0.996. The summed E-state index contributed by atoms with van der Waals surface area (Å²) in [6.45, 7) is 1.83. The molecule has 0 saturated heterocycles. The number of aromatic nitrogens is 1. The highest BCUT2D eigenvalue weighted by molar-refractivity contribution is 6.15. The first kappa shape index (κ1) is 26.2. The number of aldehydes is 1. The summed E-state index contributed by atoms with van der Waals surface area (Å²) in [6.07, 6.45) is 2.07. The molecule has 0 aliphatic carbocycles. The average Bonchev–Trinajstić information content (AvgIpc) is 3.00. The van der Waals surface area contributed by atoms with Gasteiger partial charge in [0, 0.05) is 29.1 Å². The number of anilines is 1. The van der Waals surface area contributed by atoms with Gasteiger partial charge >= 0.3 is 0 Å². The van der Waals surface area contributed by atoms with E-state index < -0.39 is 10.5 Å². The number of hydrogen-bond acceptors (Lipinski definition) is 6. The molecule has 0 radical (unpaired) electrons. The van der Waals surface area contributed by atoms with E-state index in [1.165, 1.54) is 12.1 Å². The van der Waals surface area contributed by atoms with Crippen LogP contribution < -0.4 is 5.32 Å². The van der Waals surface area contributed by atoms with Crippen LogP contribution in [-0.2, 0) is 5.54 Å². The number of carbonyl (C=O) groups excluding carboxylic acids is 1. The molecule has 0 saturated carbocycles. The van der Waals surface area contributed by atoms with E-state index in [0.29, 0.717) is 23.1 Å². The number of nitro benzene ring substituents is 1. The van der Waals surface area contributed by atoms with Crippen LogP contribution in [0.2, 0.25) is 0 Å². The third-order valence-corrected chi connectivity index (χ3v) is 6.89. The number of aryl methyl sites for hydroxylation is 1. The first-order valence-electron chi connectivity index (χ1n) is 12.7. The standard InChI is InChI=1S/C33H26N4O3/c1-23-19-24(17-18-35-23)32(34)29-20-25(22-38)31(37(39)40)21-30(29)36-33(26-11-5-2-6-12-26,27-13-7-3-8-14-27)28-15-9-4-10-16-28/h2-22,34,36H,1H3. The van der Waals surface area contributed by atoms with Gasteiger partial charge in [-0.15, -0.1) is 0 Å². The van der Waals surface area contributed by atoms with Crippen LogP contribution >= 0.6 is 0 Å². The molecule has 2 N–H and O–H groups in total. The maximum absolute atomic E-state index is 12.1.